The molecule has 0 aromatic rings. The Morgan fingerprint density at radius 2 is 1.91 bits per heavy atom. The van der Waals surface area contributed by atoms with Gasteiger partial charge in [0.25, 0.3) is 0 Å². The van der Waals surface area contributed by atoms with E-state index in [9.17, 15) is 9.90 Å². The van der Waals surface area contributed by atoms with Crippen LogP contribution in [-0.2, 0) is 9.53 Å². The number of fused-ring (bicyclic) bond motifs is 5. The van der Waals surface area contributed by atoms with Gasteiger partial charge in [0, 0.05) is 17.4 Å². The zero-order chi connectivity index (χ0) is 24.8. The fraction of sp³-hybridized carbons (Fsp3) is 0.839. The predicted molar refractivity (Wildman–Crippen MR) is 139 cm³/mol. The molecule has 1 N–H and O–H groups in total. The first kappa shape index (κ1) is 26.0. The van der Waals surface area contributed by atoms with Gasteiger partial charge in [-0.05, 0) is 86.4 Å². The van der Waals surface area contributed by atoms with Crippen LogP contribution in [-0.4, -0.2) is 23.3 Å². The second kappa shape index (κ2) is 9.75. The molecule has 3 nitrogen and oxygen atoms in total. The van der Waals surface area contributed by atoms with Crippen LogP contribution in [0.5, 0.6) is 0 Å². The van der Waals surface area contributed by atoms with Crippen LogP contribution in [0, 0.1) is 46.3 Å². The maximum absolute atomic E-state index is 12.6. The quantitative estimate of drug-likeness (QED) is 0.238. The molecule has 34 heavy (non-hydrogen) atoms. The Hall–Kier alpha value is -1.09. The van der Waals surface area contributed by atoms with Gasteiger partial charge in [0.05, 0.1) is 6.10 Å². The van der Waals surface area contributed by atoms with E-state index in [4.69, 9.17) is 4.74 Å². The van der Waals surface area contributed by atoms with E-state index in [1.807, 2.05) is 0 Å². The second-order valence-corrected chi connectivity index (χ2v) is 13.4. The van der Waals surface area contributed by atoms with E-state index in [1.54, 1.807) is 6.92 Å². The molecule has 0 aromatic heterocycles. The fourth-order valence-electron chi connectivity index (χ4n) is 9.10. The molecule has 4 aliphatic carbocycles. The molecule has 0 bridgehead atoms. The van der Waals surface area contributed by atoms with E-state index in [0.29, 0.717) is 29.2 Å². The van der Waals surface area contributed by atoms with Gasteiger partial charge in [-0.15, -0.1) is 0 Å². The molecule has 3 saturated carbocycles. The highest BCUT2D eigenvalue weighted by molar-refractivity contribution is 5.87. The van der Waals surface area contributed by atoms with E-state index in [0.717, 1.165) is 36.5 Å². The lowest BCUT2D eigenvalue weighted by Crippen LogP contribution is -2.56. The van der Waals surface area contributed by atoms with Crippen molar-refractivity contribution < 1.29 is 14.6 Å². The Kier molecular flexibility index (Phi) is 7.45. The van der Waals surface area contributed by atoms with Crippen LogP contribution in [0.1, 0.15) is 106 Å². The van der Waals surface area contributed by atoms with Gasteiger partial charge in [-0.25, -0.2) is 4.79 Å². The highest BCUT2D eigenvalue weighted by Crippen LogP contribution is 2.67. The zero-order valence-corrected chi connectivity index (χ0v) is 22.7. The van der Waals surface area contributed by atoms with Crippen molar-refractivity contribution in [1.82, 2.24) is 0 Å². The van der Waals surface area contributed by atoms with Gasteiger partial charge in [-0.2, -0.15) is 0 Å². The van der Waals surface area contributed by atoms with Crippen molar-refractivity contribution in [3.63, 3.8) is 0 Å². The van der Waals surface area contributed by atoms with Gasteiger partial charge in [-0.3, -0.25) is 0 Å². The number of hydrogen-bond acceptors (Lipinski definition) is 3. The summed E-state index contributed by atoms with van der Waals surface area (Å²) < 4.78 is 6.06. The Balaban J connectivity index is 1.56. The molecule has 0 aromatic carbocycles. The van der Waals surface area contributed by atoms with E-state index < -0.39 is 6.10 Å². The number of allylic oxidation sites excluding steroid dienone is 1. The van der Waals surface area contributed by atoms with Crippen LogP contribution >= 0.6 is 0 Å². The molecule has 0 aliphatic heterocycles. The molecular weight excluding hydrogens is 420 g/mol. The largest absolute Gasteiger partial charge is 0.458 e. The third kappa shape index (κ3) is 4.44. The average molecular weight is 471 g/mol. The highest BCUT2D eigenvalue weighted by Gasteiger charge is 2.61. The number of carbonyl (C=O) groups is 1. The third-order valence-corrected chi connectivity index (χ3v) is 10.9. The topological polar surface area (TPSA) is 46.5 Å². The number of rotatable bonds is 7. The molecule has 4 rings (SSSR count). The summed E-state index contributed by atoms with van der Waals surface area (Å²) in [5.74, 6) is 4.12. The van der Waals surface area contributed by atoms with Crippen LogP contribution in [0.2, 0.25) is 0 Å². The maximum Gasteiger partial charge on any atom is 0.333 e. The number of carbonyl (C=O) groups excluding carboxylic acids is 1. The molecule has 0 heterocycles. The first-order chi connectivity index (χ1) is 16.0. The number of hydrogen-bond donors (Lipinski definition) is 1. The van der Waals surface area contributed by atoms with Crippen molar-refractivity contribution >= 4 is 5.97 Å². The number of aliphatic hydroxyl groups is 1. The summed E-state index contributed by atoms with van der Waals surface area (Å²) in [5.41, 5.74) is 2.07. The van der Waals surface area contributed by atoms with Crippen molar-refractivity contribution in [2.75, 3.05) is 0 Å². The molecule has 9 atom stereocenters. The van der Waals surface area contributed by atoms with E-state index in [1.165, 1.54) is 50.5 Å². The SMILES string of the molecule is C=C(C)C(=O)OC1C[C@@H](O)CC2=CC[C@H]3[C@@H]4CC[C@H]([C@H](C)CCCC(C)C)[C@@]4(C)CC[C@@H]3[C@]21C. The summed E-state index contributed by atoms with van der Waals surface area (Å²) in [6.07, 6.45) is 13.5. The smallest absolute Gasteiger partial charge is 0.333 e. The lowest BCUT2D eigenvalue weighted by molar-refractivity contribution is -0.164. The number of aliphatic hydroxyl groups excluding tert-OH is 1. The van der Waals surface area contributed by atoms with Gasteiger partial charge in [-0.1, -0.05) is 72.1 Å². The normalized spacial score (nSPS) is 42.3. The predicted octanol–water partition coefficient (Wildman–Crippen LogP) is 7.49. The van der Waals surface area contributed by atoms with Gasteiger partial charge in [0.1, 0.15) is 6.10 Å². The molecule has 0 amide bonds. The molecule has 1 unspecified atom stereocenters. The van der Waals surface area contributed by atoms with Crippen LogP contribution < -0.4 is 0 Å². The minimum Gasteiger partial charge on any atom is -0.458 e. The van der Waals surface area contributed by atoms with Crippen LogP contribution in [0.4, 0.5) is 0 Å². The van der Waals surface area contributed by atoms with Gasteiger partial charge in [0.15, 0.2) is 0 Å². The lowest BCUT2D eigenvalue weighted by atomic mass is 9.46. The fourth-order valence-corrected chi connectivity index (χ4v) is 9.10. The van der Waals surface area contributed by atoms with E-state index in [-0.39, 0.29) is 17.5 Å². The minimum absolute atomic E-state index is 0.157. The highest BCUT2D eigenvalue weighted by atomic mass is 16.5. The summed E-state index contributed by atoms with van der Waals surface area (Å²) in [6, 6.07) is 0. The summed E-state index contributed by atoms with van der Waals surface area (Å²) in [4.78, 5) is 12.6. The second-order valence-electron chi connectivity index (χ2n) is 13.4. The Morgan fingerprint density at radius 3 is 2.59 bits per heavy atom. The monoisotopic (exact) mass is 470 g/mol. The number of esters is 1. The summed E-state index contributed by atoms with van der Waals surface area (Å²) in [7, 11) is 0. The Labute approximate surface area is 208 Å². The number of ether oxygens (including phenoxy) is 1. The standard InChI is InChI=1S/C31H50O3/c1-19(2)9-8-10-21(5)25-13-14-26-24-12-11-22-17-23(32)18-28(34-29(33)20(3)4)31(22,7)27(24)15-16-30(25,26)6/h11,19,21,23-28,32H,3,8-10,12-18H2,1-2,4-7H3/t21-,23+,24+,25-,26+,27+,28?,30-,31+/m1/s1. The third-order valence-electron chi connectivity index (χ3n) is 10.9. The van der Waals surface area contributed by atoms with E-state index in [2.05, 4.69) is 47.3 Å². The van der Waals surface area contributed by atoms with Gasteiger partial charge < -0.3 is 9.84 Å². The molecule has 3 fully saturated rings. The van der Waals surface area contributed by atoms with Crippen molar-refractivity contribution in [2.24, 2.45) is 46.3 Å². The summed E-state index contributed by atoms with van der Waals surface area (Å²) in [5, 5.41) is 10.6. The zero-order valence-electron chi connectivity index (χ0n) is 22.7. The minimum atomic E-state index is -0.421. The van der Waals surface area contributed by atoms with Crippen molar-refractivity contribution in [1.29, 1.82) is 0 Å². The Morgan fingerprint density at radius 1 is 1.18 bits per heavy atom. The maximum atomic E-state index is 12.6. The molecular formula is C31H50O3. The van der Waals surface area contributed by atoms with Crippen LogP contribution in [0.15, 0.2) is 23.8 Å². The van der Waals surface area contributed by atoms with Crippen LogP contribution in [0.3, 0.4) is 0 Å². The first-order valence-electron chi connectivity index (χ1n) is 14.2. The molecule has 3 heteroatoms. The van der Waals surface area contributed by atoms with Gasteiger partial charge >= 0.3 is 5.97 Å². The first-order valence-corrected chi connectivity index (χ1v) is 14.2. The van der Waals surface area contributed by atoms with Crippen molar-refractivity contribution in [3.05, 3.63) is 23.8 Å². The van der Waals surface area contributed by atoms with Gasteiger partial charge in [0.2, 0.25) is 0 Å². The summed E-state index contributed by atoms with van der Waals surface area (Å²) >= 11 is 0. The van der Waals surface area contributed by atoms with Crippen molar-refractivity contribution in [3.8, 4) is 0 Å². The molecule has 0 radical (unpaired) electrons. The van der Waals surface area contributed by atoms with E-state index >= 15 is 0 Å². The molecule has 4 aliphatic rings. The molecule has 0 saturated heterocycles. The molecule has 192 valence electrons. The van der Waals surface area contributed by atoms with Crippen molar-refractivity contribution in [2.45, 2.75) is 118 Å². The average Bonchev–Trinajstić information content (AvgIpc) is 3.11. The van der Waals surface area contributed by atoms with Crippen LogP contribution in [0.25, 0.3) is 0 Å². The lowest BCUT2D eigenvalue weighted by Gasteiger charge is -2.60. The summed E-state index contributed by atoms with van der Waals surface area (Å²) in [6.45, 7) is 17.7. The Bertz CT molecular complexity index is 811. The molecule has 0 spiro atoms.